The van der Waals surface area contributed by atoms with E-state index in [9.17, 15) is 0 Å². The van der Waals surface area contributed by atoms with Gasteiger partial charge in [-0.05, 0) is 44.7 Å². The second-order valence-electron chi connectivity index (χ2n) is 5.91. The van der Waals surface area contributed by atoms with Crippen LogP contribution in [0.25, 0.3) is 0 Å². The fourth-order valence-electron chi connectivity index (χ4n) is 3.10. The molecule has 2 fully saturated rings. The Bertz CT molecular complexity index is 429. The zero-order chi connectivity index (χ0) is 12.8. The Kier molecular flexibility index (Phi) is 3.43. The van der Waals surface area contributed by atoms with Crippen LogP contribution in [-0.4, -0.2) is 30.1 Å². The monoisotopic (exact) mass is 284 g/mol. The van der Waals surface area contributed by atoms with Gasteiger partial charge in [0.1, 0.15) is 0 Å². The Morgan fingerprint density at radius 1 is 1.50 bits per heavy atom. The summed E-state index contributed by atoms with van der Waals surface area (Å²) in [5, 5.41) is 3.73. The minimum absolute atomic E-state index is 0.327. The fourth-order valence-corrected chi connectivity index (χ4v) is 4.25. The minimum atomic E-state index is 0.327. The van der Waals surface area contributed by atoms with E-state index in [1.54, 1.807) is 11.3 Å². The van der Waals surface area contributed by atoms with E-state index < -0.39 is 0 Å². The highest BCUT2D eigenvalue weighted by atomic mass is 35.5. The molecule has 0 radical (unpaired) electrons. The lowest BCUT2D eigenvalue weighted by molar-refractivity contribution is 0.0959. The number of hydrogen-bond acceptors (Lipinski definition) is 3. The topological polar surface area (TPSA) is 15.3 Å². The number of hydrogen-bond donors (Lipinski definition) is 1. The van der Waals surface area contributed by atoms with Gasteiger partial charge in [-0.2, -0.15) is 0 Å². The van der Waals surface area contributed by atoms with Crippen molar-refractivity contribution in [1.82, 2.24) is 10.2 Å². The second-order valence-corrected chi connectivity index (χ2v) is 7.65. The number of piperazine rings is 1. The van der Waals surface area contributed by atoms with Crippen LogP contribution >= 0.6 is 22.9 Å². The molecule has 1 aromatic rings. The van der Waals surface area contributed by atoms with Crippen LogP contribution in [0.4, 0.5) is 0 Å². The van der Waals surface area contributed by atoms with Crippen molar-refractivity contribution in [2.24, 2.45) is 5.92 Å². The van der Waals surface area contributed by atoms with Crippen LogP contribution < -0.4 is 5.32 Å². The normalized spacial score (nSPS) is 31.5. The van der Waals surface area contributed by atoms with Crippen molar-refractivity contribution in [1.29, 1.82) is 0 Å². The molecule has 1 aliphatic heterocycles. The zero-order valence-electron chi connectivity index (χ0n) is 11.1. The molecule has 2 unspecified atom stereocenters. The van der Waals surface area contributed by atoms with E-state index in [1.165, 1.54) is 17.7 Å². The number of rotatable bonds is 3. The van der Waals surface area contributed by atoms with Crippen molar-refractivity contribution >= 4 is 22.9 Å². The van der Waals surface area contributed by atoms with Crippen LogP contribution in [0.3, 0.4) is 0 Å². The summed E-state index contributed by atoms with van der Waals surface area (Å²) in [6, 6.07) is 4.68. The van der Waals surface area contributed by atoms with Gasteiger partial charge in [0.2, 0.25) is 0 Å². The predicted octanol–water partition coefficient (Wildman–Crippen LogP) is 3.54. The maximum atomic E-state index is 6.05. The molecule has 0 bridgehead atoms. The molecular formula is C14H21ClN2S. The fraction of sp³-hybridized carbons (Fsp3) is 0.714. The lowest BCUT2D eigenvalue weighted by atomic mass is 9.92. The predicted molar refractivity (Wildman–Crippen MR) is 78.4 cm³/mol. The van der Waals surface area contributed by atoms with E-state index in [0.29, 0.717) is 11.6 Å². The number of thiophene rings is 1. The van der Waals surface area contributed by atoms with E-state index in [1.807, 2.05) is 6.07 Å². The smallest absolute Gasteiger partial charge is 0.0931 e. The molecule has 3 rings (SSSR count). The number of nitrogens with zero attached hydrogens (tertiary/aromatic N) is 1. The zero-order valence-corrected chi connectivity index (χ0v) is 12.7. The summed E-state index contributed by atoms with van der Waals surface area (Å²) in [7, 11) is 0. The molecule has 1 saturated heterocycles. The second kappa shape index (κ2) is 4.78. The van der Waals surface area contributed by atoms with Gasteiger partial charge in [-0.3, -0.25) is 4.90 Å². The first-order valence-corrected chi connectivity index (χ1v) is 8.02. The highest BCUT2D eigenvalue weighted by molar-refractivity contribution is 7.16. The average molecular weight is 285 g/mol. The van der Waals surface area contributed by atoms with Crippen molar-refractivity contribution in [3.63, 3.8) is 0 Å². The SMILES string of the molecule is CC(c1ccc(Cl)s1)N1CCNC(C)(C2CC2)C1. The van der Waals surface area contributed by atoms with Crippen molar-refractivity contribution in [3.8, 4) is 0 Å². The molecule has 1 aliphatic carbocycles. The quantitative estimate of drug-likeness (QED) is 0.913. The van der Waals surface area contributed by atoms with Gasteiger partial charge in [0.05, 0.1) is 4.34 Å². The summed E-state index contributed by atoms with van der Waals surface area (Å²) >= 11 is 7.76. The van der Waals surface area contributed by atoms with E-state index in [4.69, 9.17) is 11.6 Å². The summed E-state index contributed by atoms with van der Waals surface area (Å²) < 4.78 is 0.900. The van der Waals surface area contributed by atoms with E-state index in [-0.39, 0.29) is 0 Å². The Morgan fingerprint density at radius 3 is 2.89 bits per heavy atom. The molecule has 100 valence electrons. The van der Waals surface area contributed by atoms with Crippen molar-refractivity contribution in [3.05, 3.63) is 21.3 Å². The summed E-state index contributed by atoms with van der Waals surface area (Å²) in [6.07, 6.45) is 2.80. The summed E-state index contributed by atoms with van der Waals surface area (Å²) in [6.45, 7) is 8.11. The Morgan fingerprint density at radius 2 is 2.28 bits per heavy atom. The van der Waals surface area contributed by atoms with Crippen LogP contribution in [0.1, 0.15) is 37.6 Å². The summed E-state index contributed by atoms with van der Waals surface area (Å²) in [4.78, 5) is 4.00. The van der Waals surface area contributed by atoms with E-state index in [2.05, 4.69) is 30.1 Å². The lowest BCUT2D eigenvalue weighted by Crippen LogP contribution is -2.60. The Labute approximate surface area is 118 Å². The molecule has 2 aliphatic rings. The van der Waals surface area contributed by atoms with Gasteiger partial charge in [-0.15, -0.1) is 11.3 Å². The summed E-state index contributed by atoms with van der Waals surface area (Å²) in [5.41, 5.74) is 0.327. The largest absolute Gasteiger partial charge is 0.309 e. The van der Waals surface area contributed by atoms with Crippen LogP contribution in [0.15, 0.2) is 12.1 Å². The molecule has 4 heteroatoms. The van der Waals surface area contributed by atoms with Gasteiger partial charge in [-0.25, -0.2) is 0 Å². The van der Waals surface area contributed by atoms with Gasteiger partial charge >= 0.3 is 0 Å². The van der Waals surface area contributed by atoms with Crippen molar-refractivity contribution < 1.29 is 0 Å². The molecule has 0 amide bonds. The molecule has 0 spiro atoms. The highest BCUT2D eigenvalue weighted by Gasteiger charge is 2.44. The first kappa shape index (κ1) is 12.9. The van der Waals surface area contributed by atoms with Crippen LogP contribution in [0, 0.1) is 5.92 Å². The Balaban J connectivity index is 1.71. The molecule has 1 saturated carbocycles. The van der Waals surface area contributed by atoms with E-state index >= 15 is 0 Å². The number of nitrogens with one attached hydrogen (secondary N) is 1. The number of halogens is 1. The van der Waals surface area contributed by atoms with Gasteiger partial charge in [0, 0.05) is 36.1 Å². The molecule has 0 aromatic carbocycles. The third-order valence-electron chi connectivity index (χ3n) is 4.49. The minimum Gasteiger partial charge on any atom is -0.309 e. The first-order chi connectivity index (χ1) is 8.58. The molecule has 1 N–H and O–H groups in total. The lowest BCUT2D eigenvalue weighted by Gasteiger charge is -2.44. The van der Waals surface area contributed by atoms with Crippen LogP contribution in [0.5, 0.6) is 0 Å². The molecular weight excluding hydrogens is 264 g/mol. The van der Waals surface area contributed by atoms with Gasteiger partial charge in [0.15, 0.2) is 0 Å². The third-order valence-corrected chi connectivity index (χ3v) is 5.89. The Hall–Kier alpha value is -0.0900. The highest BCUT2D eigenvalue weighted by Crippen LogP contribution is 2.42. The molecule has 2 atom stereocenters. The standard InChI is InChI=1S/C14H21ClN2S/c1-10(12-5-6-13(15)18-12)17-8-7-16-14(2,9-17)11-3-4-11/h5-6,10-11,16H,3-4,7-9H2,1-2H3. The maximum absolute atomic E-state index is 6.05. The van der Waals surface area contributed by atoms with Crippen molar-refractivity contribution in [2.45, 2.75) is 38.3 Å². The molecule has 2 heterocycles. The van der Waals surface area contributed by atoms with Crippen LogP contribution in [0.2, 0.25) is 4.34 Å². The summed E-state index contributed by atoms with van der Waals surface area (Å²) in [5.74, 6) is 0.888. The molecule has 18 heavy (non-hydrogen) atoms. The van der Waals surface area contributed by atoms with Gasteiger partial charge in [-0.1, -0.05) is 11.6 Å². The van der Waals surface area contributed by atoms with Gasteiger partial charge in [0.25, 0.3) is 0 Å². The average Bonchev–Trinajstić information content (AvgIpc) is 3.12. The molecule has 2 nitrogen and oxygen atoms in total. The maximum Gasteiger partial charge on any atom is 0.0931 e. The van der Waals surface area contributed by atoms with Gasteiger partial charge < -0.3 is 5.32 Å². The molecule has 1 aromatic heterocycles. The first-order valence-electron chi connectivity index (χ1n) is 6.83. The van der Waals surface area contributed by atoms with Crippen LogP contribution in [-0.2, 0) is 0 Å². The van der Waals surface area contributed by atoms with Crippen molar-refractivity contribution in [2.75, 3.05) is 19.6 Å². The third kappa shape index (κ3) is 2.46. The van der Waals surface area contributed by atoms with E-state index in [0.717, 1.165) is 29.9 Å².